The van der Waals surface area contributed by atoms with Crippen LogP contribution in [0.15, 0.2) is 40.5 Å². The van der Waals surface area contributed by atoms with E-state index in [4.69, 9.17) is 9.47 Å². The summed E-state index contributed by atoms with van der Waals surface area (Å²) >= 11 is 2.12. The summed E-state index contributed by atoms with van der Waals surface area (Å²) in [5.41, 5.74) is 0. The molecule has 0 aromatic heterocycles. The van der Waals surface area contributed by atoms with Crippen LogP contribution in [0, 0.1) is 0 Å². The molecule has 0 saturated carbocycles. The van der Waals surface area contributed by atoms with Crippen LogP contribution in [0.2, 0.25) is 0 Å². The first-order chi connectivity index (χ1) is 9.26. The van der Waals surface area contributed by atoms with Gasteiger partial charge in [-0.3, -0.25) is 0 Å². The molecule has 0 aliphatic heterocycles. The van der Waals surface area contributed by atoms with Gasteiger partial charge in [0.15, 0.2) is 0 Å². The van der Waals surface area contributed by atoms with Gasteiger partial charge in [0.05, 0.1) is 0 Å². The normalized spacial score (nSPS) is 12.3. The first kappa shape index (κ1) is 16.0. The molecule has 3 nitrogen and oxygen atoms in total. The number of carbonyl (C=O) groups excluding carboxylic acids is 1. The molecule has 1 aromatic rings. The van der Waals surface area contributed by atoms with E-state index in [1.54, 1.807) is 12.1 Å². The summed E-state index contributed by atoms with van der Waals surface area (Å²) in [7, 11) is 0. The Kier molecular flexibility index (Phi) is 8.29. The second kappa shape index (κ2) is 9.83. The van der Waals surface area contributed by atoms with Crippen molar-refractivity contribution in [2.45, 2.75) is 38.7 Å². The number of benzene rings is 1. The van der Waals surface area contributed by atoms with E-state index in [1.807, 2.05) is 28.4 Å². The average molecular weight is 374 g/mol. The molecule has 0 aliphatic rings. The molecule has 1 atom stereocenters. The summed E-state index contributed by atoms with van der Waals surface area (Å²) in [5, 5.41) is 0. The second-order valence-electron chi connectivity index (χ2n) is 4.14. The molecule has 0 amide bonds. The molecule has 4 heteroatoms. The van der Waals surface area contributed by atoms with Crippen molar-refractivity contribution in [3.63, 3.8) is 0 Å². The Morgan fingerprint density at radius 1 is 1.32 bits per heavy atom. The van der Waals surface area contributed by atoms with Crippen molar-refractivity contribution < 1.29 is 14.3 Å². The molecule has 0 spiro atoms. The molecule has 0 radical (unpaired) electrons. The highest BCUT2D eigenvalue weighted by atomic mass is 127. The van der Waals surface area contributed by atoms with E-state index in [0.29, 0.717) is 5.75 Å². The Morgan fingerprint density at radius 3 is 2.68 bits per heavy atom. The van der Waals surface area contributed by atoms with Gasteiger partial charge in [-0.25, -0.2) is 4.79 Å². The monoisotopic (exact) mass is 374 g/mol. The molecule has 1 aromatic carbocycles. The SMILES string of the molecule is CCCCCC(/C=C/I)OC(=O)Oc1ccccc1. The van der Waals surface area contributed by atoms with Crippen molar-refractivity contribution in [2.75, 3.05) is 0 Å². The van der Waals surface area contributed by atoms with E-state index in [1.165, 1.54) is 0 Å². The minimum Gasteiger partial charge on any atom is -0.426 e. The number of ether oxygens (including phenoxy) is 2. The lowest BCUT2D eigenvalue weighted by molar-refractivity contribution is 0.0723. The third-order valence-corrected chi connectivity index (χ3v) is 2.99. The fourth-order valence-corrected chi connectivity index (χ4v) is 2.07. The van der Waals surface area contributed by atoms with Crippen LogP contribution in [-0.2, 0) is 4.74 Å². The lowest BCUT2D eigenvalue weighted by atomic mass is 10.1. The Morgan fingerprint density at radius 2 is 2.05 bits per heavy atom. The number of hydrogen-bond donors (Lipinski definition) is 0. The quantitative estimate of drug-likeness (QED) is 0.288. The van der Waals surface area contributed by atoms with Crippen LogP contribution in [0.5, 0.6) is 5.75 Å². The van der Waals surface area contributed by atoms with E-state index in [0.717, 1.165) is 25.7 Å². The third-order valence-electron chi connectivity index (χ3n) is 2.57. The predicted molar refractivity (Wildman–Crippen MR) is 84.6 cm³/mol. The maximum absolute atomic E-state index is 11.6. The van der Waals surface area contributed by atoms with Crippen LogP contribution in [0.4, 0.5) is 4.79 Å². The fourth-order valence-electron chi connectivity index (χ4n) is 1.60. The van der Waals surface area contributed by atoms with Crippen molar-refractivity contribution in [2.24, 2.45) is 0 Å². The summed E-state index contributed by atoms with van der Waals surface area (Å²) in [4.78, 5) is 11.6. The van der Waals surface area contributed by atoms with E-state index < -0.39 is 6.16 Å². The molecule has 0 aliphatic carbocycles. The van der Waals surface area contributed by atoms with Gasteiger partial charge in [-0.15, -0.1) is 0 Å². The summed E-state index contributed by atoms with van der Waals surface area (Å²) < 4.78 is 12.3. The van der Waals surface area contributed by atoms with Gasteiger partial charge in [-0.2, -0.15) is 0 Å². The molecule has 0 saturated heterocycles. The molecule has 104 valence electrons. The molecule has 1 rings (SSSR count). The van der Waals surface area contributed by atoms with Crippen molar-refractivity contribution in [3.05, 3.63) is 40.5 Å². The Balaban J connectivity index is 2.42. The van der Waals surface area contributed by atoms with Gasteiger partial charge in [0, 0.05) is 0 Å². The largest absolute Gasteiger partial charge is 0.514 e. The number of para-hydroxylation sites is 1. The lowest BCUT2D eigenvalue weighted by Crippen LogP contribution is -2.19. The zero-order valence-electron chi connectivity index (χ0n) is 11.0. The van der Waals surface area contributed by atoms with Crippen molar-refractivity contribution in [1.29, 1.82) is 0 Å². The van der Waals surface area contributed by atoms with Gasteiger partial charge >= 0.3 is 6.16 Å². The molecule has 0 heterocycles. The number of rotatable bonds is 7. The van der Waals surface area contributed by atoms with Crippen LogP contribution in [0.25, 0.3) is 0 Å². The van der Waals surface area contributed by atoms with Crippen LogP contribution >= 0.6 is 22.6 Å². The van der Waals surface area contributed by atoms with E-state index in [2.05, 4.69) is 29.5 Å². The van der Waals surface area contributed by atoms with Gasteiger partial charge in [0.1, 0.15) is 11.9 Å². The number of halogens is 1. The maximum Gasteiger partial charge on any atom is 0.514 e. The zero-order chi connectivity index (χ0) is 13.9. The first-order valence-electron chi connectivity index (χ1n) is 6.46. The summed E-state index contributed by atoms with van der Waals surface area (Å²) in [6.45, 7) is 2.15. The van der Waals surface area contributed by atoms with Crippen molar-refractivity contribution >= 4 is 28.7 Å². The number of hydrogen-bond acceptors (Lipinski definition) is 3. The van der Waals surface area contributed by atoms with Crippen LogP contribution in [0.3, 0.4) is 0 Å². The van der Waals surface area contributed by atoms with Gasteiger partial charge in [0.2, 0.25) is 0 Å². The maximum atomic E-state index is 11.6. The molecule has 0 bridgehead atoms. The predicted octanol–water partition coefficient (Wildman–Crippen LogP) is 5.10. The standard InChI is InChI=1S/C15H19IO3/c1-2-3-5-8-14(11-12-16)19-15(17)18-13-9-6-4-7-10-13/h4,6-7,9-12,14H,2-3,5,8H2,1H3/b12-11+. The third kappa shape index (κ3) is 7.20. The number of unbranched alkanes of at least 4 members (excludes halogenated alkanes) is 2. The van der Waals surface area contributed by atoms with E-state index >= 15 is 0 Å². The highest BCUT2D eigenvalue weighted by molar-refractivity contribution is 14.1. The molecule has 19 heavy (non-hydrogen) atoms. The van der Waals surface area contributed by atoms with Crippen LogP contribution in [-0.4, -0.2) is 12.3 Å². The highest BCUT2D eigenvalue weighted by Crippen LogP contribution is 2.13. The first-order valence-corrected chi connectivity index (χ1v) is 7.71. The van der Waals surface area contributed by atoms with Gasteiger partial charge < -0.3 is 9.47 Å². The summed E-state index contributed by atoms with van der Waals surface area (Å²) in [5.74, 6) is 0.498. The van der Waals surface area contributed by atoms with Crippen LogP contribution < -0.4 is 4.74 Å². The minimum atomic E-state index is -0.651. The average Bonchev–Trinajstić information content (AvgIpc) is 2.40. The zero-order valence-corrected chi connectivity index (χ0v) is 13.2. The van der Waals surface area contributed by atoms with Crippen molar-refractivity contribution in [1.82, 2.24) is 0 Å². The second-order valence-corrected chi connectivity index (χ2v) is 4.85. The van der Waals surface area contributed by atoms with Gasteiger partial charge in [-0.1, -0.05) is 60.6 Å². The van der Waals surface area contributed by atoms with Gasteiger partial charge in [-0.05, 0) is 35.1 Å². The van der Waals surface area contributed by atoms with Crippen LogP contribution in [0.1, 0.15) is 32.6 Å². The molecule has 0 N–H and O–H groups in total. The minimum absolute atomic E-state index is 0.209. The molecular weight excluding hydrogens is 355 g/mol. The smallest absolute Gasteiger partial charge is 0.426 e. The summed E-state index contributed by atoms with van der Waals surface area (Å²) in [6, 6.07) is 8.94. The van der Waals surface area contributed by atoms with E-state index in [-0.39, 0.29) is 6.10 Å². The van der Waals surface area contributed by atoms with Gasteiger partial charge in [0.25, 0.3) is 0 Å². The fraction of sp³-hybridized carbons (Fsp3) is 0.400. The van der Waals surface area contributed by atoms with Crippen molar-refractivity contribution in [3.8, 4) is 5.75 Å². The Bertz CT molecular complexity index is 390. The molecule has 0 fully saturated rings. The lowest BCUT2D eigenvalue weighted by Gasteiger charge is -2.13. The molecule has 1 unspecified atom stereocenters. The Labute approximate surface area is 128 Å². The topological polar surface area (TPSA) is 35.5 Å². The Hall–Kier alpha value is -1.04. The number of carbonyl (C=O) groups is 1. The van der Waals surface area contributed by atoms with E-state index in [9.17, 15) is 4.79 Å². The summed E-state index contributed by atoms with van der Waals surface area (Å²) in [6.07, 6.45) is 5.18. The highest BCUT2D eigenvalue weighted by Gasteiger charge is 2.13. The molecular formula is C15H19IO3.